The first kappa shape index (κ1) is 19.9. The molecule has 1 heterocycles. The number of benzene rings is 2. The fourth-order valence-electron chi connectivity index (χ4n) is 2.61. The number of anilines is 1. The first-order chi connectivity index (χ1) is 13.5. The number of hydrogen-bond acceptors (Lipinski definition) is 3. The van der Waals surface area contributed by atoms with Crippen LogP contribution in [0.4, 0.5) is 10.1 Å². The van der Waals surface area contributed by atoms with Gasteiger partial charge >= 0.3 is 0 Å². The Labute approximate surface area is 172 Å². The number of nitrogens with one attached hydrogen (secondary N) is 1. The number of hydrogen-bond donors (Lipinski definition) is 2. The largest absolute Gasteiger partial charge is 0.867 e. The van der Waals surface area contributed by atoms with Gasteiger partial charge in [-0.2, -0.15) is 4.57 Å². The molecule has 4 nitrogen and oxygen atoms in total. The van der Waals surface area contributed by atoms with Gasteiger partial charge in [0.2, 0.25) is 5.70 Å². The highest BCUT2D eigenvalue weighted by molar-refractivity contribution is 7.81. The summed E-state index contributed by atoms with van der Waals surface area (Å²) >= 11 is 11.6. The molecule has 0 spiro atoms. The average Bonchev–Trinajstić information content (AvgIpc) is 2.70. The summed E-state index contributed by atoms with van der Waals surface area (Å²) in [5.41, 5.74) is 1.08. The van der Waals surface area contributed by atoms with Crippen LogP contribution in [-0.2, 0) is 6.61 Å². The van der Waals surface area contributed by atoms with Gasteiger partial charge in [-0.1, -0.05) is 54.2 Å². The topological polar surface area (TPSA) is 59.2 Å². The Balaban J connectivity index is 2.14. The molecule has 0 saturated carbocycles. The van der Waals surface area contributed by atoms with E-state index in [1.807, 2.05) is 0 Å². The van der Waals surface area contributed by atoms with E-state index in [4.69, 9.17) is 23.8 Å². The lowest BCUT2D eigenvalue weighted by Crippen LogP contribution is -2.40. The van der Waals surface area contributed by atoms with Crippen LogP contribution in [0.2, 0.25) is 5.02 Å². The number of para-hydroxylation sites is 1. The van der Waals surface area contributed by atoms with E-state index in [0.717, 1.165) is 0 Å². The number of halogens is 2. The second-order valence-corrected chi connectivity index (χ2v) is 6.68. The Morgan fingerprint density at radius 3 is 2.54 bits per heavy atom. The molecule has 2 N–H and O–H groups in total. The molecule has 3 aromatic rings. The third kappa shape index (κ3) is 4.36. The highest BCUT2D eigenvalue weighted by Crippen LogP contribution is 2.24. The molecule has 2 aromatic carbocycles. The Hall–Kier alpha value is -2.80. The van der Waals surface area contributed by atoms with Crippen molar-refractivity contribution in [3.05, 3.63) is 95.0 Å². The van der Waals surface area contributed by atoms with Crippen molar-refractivity contribution in [1.82, 2.24) is 0 Å². The van der Waals surface area contributed by atoms with E-state index in [1.54, 1.807) is 60.9 Å². The number of pyridine rings is 1. The van der Waals surface area contributed by atoms with Crippen LogP contribution in [0, 0.1) is 5.82 Å². The lowest BCUT2D eigenvalue weighted by Gasteiger charge is -2.18. The summed E-state index contributed by atoms with van der Waals surface area (Å²) in [4.78, 5) is 0.0232. The molecule has 0 unspecified atom stereocenters. The van der Waals surface area contributed by atoms with E-state index in [9.17, 15) is 14.6 Å². The Bertz CT molecular complexity index is 1060. The smallest absolute Gasteiger partial charge is 0.238 e. The molecule has 28 heavy (non-hydrogen) atoms. The first-order valence-corrected chi connectivity index (χ1v) is 9.13. The molecule has 0 aliphatic heterocycles. The molecule has 1 aromatic heterocycles. The molecular formula is C21H16ClFN2O2S. The van der Waals surface area contributed by atoms with Gasteiger partial charge in [-0.25, -0.2) is 4.39 Å². The lowest BCUT2D eigenvalue weighted by atomic mass is 10.1. The van der Waals surface area contributed by atoms with E-state index in [1.165, 1.54) is 16.7 Å². The van der Waals surface area contributed by atoms with Crippen LogP contribution in [0.5, 0.6) is 0 Å². The zero-order chi connectivity index (χ0) is 20.1. The van der Waals surface area contributed by atoms with Gasteiger partial charge < -0.3 is 15.5 Å². The summed E-state index contributed by atoms with van der Waals surface area (Å²) < 4.78 is 15.5. The summed E-state index contributed by atoms with van der Waals surface area (Å²) in [6.45, 7) is -0.206. The molecule has 142 valence electrons. The van der Waals surface area contributed by atoms with Crippen molar-refractivity contribution < 1.29 is 19.2 Å². The van der Waals surface area contributed by atoms with E-state index < -0.39 is 11.6 Å². The van der Waals surface area contributed by atoms with Crippen molar-refractivity contribution in [3.63, 3.8) is 0 Å². The fourth-order valence-corrected chi connectivity index (χ4v) is 3.14. The van der Waals surface area contributed by atoms with Gasteiger partial charge in [0.25, 0.3) is 0 Å². The normalized spacial score (nSPS) is 11.7. The summed E-state index contributed by atoms with van der Waals surface area (Å²) in [5.74, 6) is -0.928. The van der Waals surface area contributed by atoms with Gasteiger partial charge in [0, 0.05) is 16.7 Å². The standard InChI is InChI=1S/C21H16ClFN2O2S/c22-16-8-2-1-7-15(16)20(27)19(25-11-5-6-14(12-25)13-26)21(28)24-18-10-4-3-9-17(18)23/h1-12,26H,13H2,(H-,24,27,28). The van der Waals surface area contributed by atoms with Crippen molar-refractivity contribution in [2.45, 2.75) is 6.61 Å². The second-order valence-electron chi connectivity index (χ2n) is 5.87. The van der Waals surface area contributed by atoms with Gasteiger partial charge in [0.1, 0.15) is 5.82 Å². The van der Waals surface area contributed by atoms with E-state index in [0.29, 0.717) is 5.56 Å². The van der Waals surface area contributed by atoms with Crippen LogP contribution in [0.25, 0.3) is 11.5 Å². The lowest BCUT2D eigenvalue weighted by molar-refractivity contribution is -0.578. The third-order valence-corrected chi connectivity index (χ3v) is 4.60. The number of aromatic nitrogens is 1. The number of rotatable bonds is 5. The summed E-state index contributed by atoms with van der Waals surface area (Å²) in [6.07, 6.45) is 3.21. The van der Waals surface area contributed by atoms with Crippen LogP contribution in [-0.4, -0.2) is 10.1 Å². The van der Waals surface area contributed by atoms with Crippen LogP contribution < -0.4 is 15.0 Å². The van der Waals surface area contributed by atoms with Crippen molar-refractivity contribution in [2.24, 2.45) is 0 Å². The molecule has 0 aliphatic carbocycles. The highest BCUT2D eigenvalue weighted by atomic mass is 35.5. The van der Waals surface area contributed by atoms with Gasteiger partial charge in [-0.05, 0) is 35.6 Å². The van der Waals surface area contributed by atoms with E-state index in [-0.39, 0.29) is 33.6 Å². The highest BCUT2D eigenvalue weighted by Gasteiger charge is 2.21. The van der Waals surface area contributed by atoms with Crippen LogP contribution in [0.1, 0.15) is 11.1 Å². The Morgan fingerprint density at radius 2 is 1.82 bits per heavy atom. The quantitative estimate of drug-likeness (QED) is 0.291. The van der Waals surface area contributed by atoms with Crippen molar-refractivity contribution in [2.75, 3.05) is 5.32 Å². The minimum atomic E-state index is -0.497. The van der Waals surface area contributed by atoms with E-state index >= 15 is 0 Å². The second kappa shape index (κ2) is 8.93. The minimum Gasteiger partial charge on any atom is -0.867 e. The number of aliphatic hydroxyl groups excluding tert-OH is 1. The molecular weight excluding hydrogens is 399 g/mol. The van der Waals surface area contributed by atoms with Crippen LogP contribution in [0.3, 0.4) is 0 Å². The molecule has 0 saturated heterocycles. The molecule has 3 rings (SSSR count). The SMILES string of the molecule is [O-]C(=C(C(=S)Nc1ccccc1F)[n+]1cccc(CO)c1)c1ccccc1Cl. The van der Waals surface area contributed by atoms with Crippen LogP contribution >= 0.6 is 23.8 Å². The molecule has 0 fully saturated rings. The maximum absolute atomic E-state index is 14.0. The van der Waals surface area contributed by atoms with Crippen molar-refractivity contribution >= 4 is 46.0 Å². The van der Waals surface area contributed by atoms with Crippen molar-refractivity contribution in [3.8, 4) is 0 Å². The summed E-state index contributed by atoms with van der Waals surface area (Å²) in [7, 11) is 0. The average molecular weight is 415 g/mol. The monoisotopic (exact) mass is 414 g/mol. The Morgan fingerprint density at radius 1 is 1.11 bits per heavy atom. The Kier molecular flexibility index (Phi) is 6.36. The van der Waals surface area contributed by atoms with Gasteiger partial charge in [-0.15, -0.1) is 0 Å². The maximum Gasteiger partial charge on any atom is 0.238 e. The zero-order valence-electron chi connectivity index (χ0n) is 14.6. The maximum atomic E-state index is 14.0. The number of nitrogens with zero attached hydrogens (tertiary/aromatic N) is 1. The minimum absolute atomic E-state index is 0.0232. The van der Waals surface area contributed by atoms with Crippen molar-refractivity contribution in [1.29, 1.82) is 0 Å². The molecule has 0 atom stereocenters. The predicted octanol–water partition coefficient (Wildman–Crippen LogP) is 3.38. The number of thiocarbonyl (C=S) groups is 1. The summed E-state index contributed by atoms with van der Waals surface area (Å²) in [5, 5.41) is 25.7. The molecule has 7 heteroatoms. The first-order valence-electron chi connectivity index (χ1n) is 8.34. The number of aliphatic hydroxyl groups is 1. The molecule has 0 amide bonds. The van der Waals surface area contributed by atoms with Crippen LogP contribution in [0.15, 0.2) is 73.1 Å². The molecule has 0 radical (unpaired) electrons. The van der Waals surface area contributed by atoms with Gasteiger partial charge in [0.15, 0.2) is 17.4 Å². The third-order valence-electron chi connectivity index (χ3n) is 3.97. The van der Waals surface area contributed by atoms with Gasteiger partial charge in [0.05, 0.1) is 12.3 Å². The zero-order valence-corrected chi connectivity index (χ0v) is 16.2. The molecule has 0 bridgehead atoms. The predicted molar refractivity (Wildman–Crippen MR) is 110 cm³/mol. The fraction of sp³-hybridized carbons (Fsp3) is 0.0476. The summed E-state index contributed by atoms with van der Waals surface area (Å²) in [6, 6.07) is 16.0. The molecule has 0 aliphatic rings. The van der Waals surface area contributed by atoms with E-state index in [2.05, 4.69) is 5.32 Å². The van der Waals surface area contributed by atoms with Gasteiger partial charge in [-0.3, -0.25) is 0 Å².